The third kappa shape index (κ3) is 2.93. The van der Waals surface area contributed by atoms with Crippen LogP contribution in [-0.4, -0.2) is 40.7 Å². The minimum absolute atomic E-state index is 0.102. The average molecular weight is 360 g/mol. The monoisotopic (exact) mass is 360 g/mol. The molecule has 0 aromatic heterocycles. The van der Waals surface area contributed by atoms with Crippen molar-refractivity contribution >= 4 is 5.97 Å². The van der Waals surface area contributed by atoms with Gasteiger partial charge in [0.05, 0.1) is 26.2 Å². The second-order valence-electron chi connectivity index (χ2n) is 7.41. The van der Waals surface area contributed by atoms with Crippen molar-refractivity contribution < 1.29 is 23.7 Å². The lowest BCUT2D eigenvalue weighted by atomic mass is 9.51. The van der Waals surface area contributed by atoms with Crippen LogP contribution in [0.25, 0.3) is 0 Å². The fourth-order valence-electron chi connectivity index (χ4n) is 4.88. The Labute approximate surface area is 155 Å². The molecular formula is C21H28O5. The molecule has 0 fully saturated rings. The molecule has 0 radical (unpaired) electrons. The number of rotatable bonds is 6. The van der Waals surface area contributed by atoms with E-state index in [2.05, 4.69) is 18.2 Å². The van der Waals surface area contributed by atoms with E-state index in [0.29, 0.717) is 6.61 Å². The minimum atomic E-state index is -0.666. The first-order chi connectivity index (χ1) is 12.5. The average Bonchev–Trinajstić information content (AvgIpc) is 2.67. The van der Waals surface area contributed by atoms with Crippen LogP contribution in [0.5, 0.6) is 5.75 Å². The molecule has 0 saturated heterocycles. The van der Waals surface area contributed by atoms with Crippen LogP contribution in [0, 0.1) is 11.3 Å². The van der Waals surface area contributed by atoms with Gasteiger partial charge in [0.15, 0.2) is 0 Å². The Bertz CT molecular complexity index is 698. The lowest BCUT2D eigenvalue weighted by Gasteiger charge is -2.52. The summed E-state index contributed by atoms with van der Waals surface area (Å²) in [6, 6.07) is 6.23. The summed E-state index contributed by atoms with van der Waals surface area (Å²) in [4.78, 5) is 12.7. The normalized spacial score (nSPS) is 29.6. The molecule has 0 spiro atoms. The zero-order valence-corrected chi connectivity index (χ0v) is 16.0. The predicted octanol–water partition coefficient (Wildman–Crippen LogP) is 3.26. The van der Waals surface area contributed by atoms with E-state index in [1.54, 1.807) is 14.2 Å². The molecule has 0 amide bonds. The van der Waals surface area contributed by atoms with E-state index in [0.717, 1.165) is 25.0 Å². The topological polar surface area (TPSA) is 54.0 Å². The molecule has 0 N–H and O–H groups in total. The van der Waals surface area contributed by atoms with Crippen molar-refractivity contribution in [1.82, 2.24) is 0 Å². The van der Waals surface area contributed by atoms with Crippen molar-refractivity contribution in [2.75, 3.05) is 34.7 Å². The first-order valence-corrected chi connectivity index (χ1v) is 9.02. The van der Waals surface area contributed by atoms with Gasteiger partial charge >= 0.3 is 5.97 Å². The van der Waals surface area contributed by atoms with E-state index in [4.69, 9.17) is 18.9 Å². The second-order valence-corrected chi connectivity index (χ2v) is 7.41. The van der Waals surface area contributed by atoms with E-state index < -0.39 is 5.41 Å². The van der Waals surface area contributed by atoms with Gasteiger partial charge in [0, 0.05) is 12.5 Å². The highest BCUT2D eigenvalue weighted by atomic mass is 16.7. The molecule has 0 aliphatic heterocycles. The highest BCUT2D eigenvalue weighted by Gasteiger charge is 2.56. The highest BCUT2D eigenvalue weighted by Crippen LogP contribution is 2.55. The molecule has 26 heavy (non-hydrogen) atoms. The van der Waals surface area contributed by atoms with Gasteiger partial charge in [-0.15, -0.1) is 0 Å². The summed E-state index contributed by atoms with van der Waals surface area (Å²) in [6.07, 6.45) is 6.75. The quantitative estimate of drug-likeness (QED) is 0.337. The number of aryl methyl sites for hydroxylation is 1. The number of methoxy groups -OCH3 is 3. The van der Waals surface area contributed by atoms with Crippen molar-refractivity contribution in [1.29, 1.82) is 0 Å². The van der Waals surface area contributed by atoms with Crippen LogP contribution in [0.3, 0.4) is 0 Å². The number of carbonyl (C=O) groups excluding carboxylic acids is 1. The van der Waals surface area contributed by atoms with Gasteiger partial charge in [-0.05, 0) is 55.4 Å². The summed E-state index contributed by atoms with van der Waals surface area (Å²) < 4.78 is 21.5. The highest BCUT2D eigenvalue weighted by molar-refractivity contribution is 5.80. The summed E-state index contributed by atoms with van der Waals surface area (Å²) in [7, 11) is 4.76. The van der Waals surface area contributed by atoms with E-state index >= 15 is 0 Å². The molecule has 0 heterocycles. The summed E-state index contributed by atoms with van der Waals surface area (Å²) >= 11 is 0. The Morgan fingerprint density at radius 1 is 1.27 bits per heavy atom. The standard InChI is InChI=1S/C21H28O5/c1-20(19(22)25-4)10-5-11-21(13-26-14-23-2)17-8-7-16(24-3)12-15(17)6-9-18(20)21/h5,7-8,10,12,18H,6,9,11,13-14H2,1-4H3/t18-,20-,21-/m1/s1. The molecule has 3 rings (SSSR count). The summed E-state index contributed by atoms with van der Waals surface area (Å²) in [5.74, 6) is 0.772. The maximum absolute atomic E-state index is 12.7. The fraction of sp³-hybridized carbons (Fsp3) is 0.571. The van der Waals surface area contributed by atoms with Crippen LogP contribution < -0.4 is 4.74 Å². The molecular weight excluding hydrogens is 332 g/mol. The van der Waals surface area contributed by atoms with Gasteiger partial charge in [-0.2, -0.15) is 0 Å². The molecule has 1 aromatic carbocycles. The van der Waals surface area contributed by atoms with E-state index in [9.17, 15) is 4.79 Å². The lowest BCUT2D eigenvalue weighted by Crippen LogP contribution is -2.54. The van der Waals surface area contributed by atoms with Crippen molar-refractivity contribution in [3.8, 4) is 5.75 Å². The van der Waals surface area contributed by atoms with Crippen molar-refractivity contribution in [3.63, 3.8) is 0 Å². The Morgan fingerprint density at radius 3 is 2.77 bits per heavy atom. The molecule has 142 valence electrons. The van der Waals surface area contributed by atoms with Gasteiger partial charge in [-0.25, -0.2) is 0 Å². The zero-order valence-electron chi connectivity index (χ0n) is 16.0. The van der Waals surface area contributed by atoms with Gasteiger partial charge in [0.2, 0.25) is 0 Å². The second kappa shape index (κ2) is 7.41. The summed E-state index contributed by atoms with van der Waals surface area (Å²) in [5.41, 5.74) is 1.56. The number of hydrogen-bond donors (Lipinski definition) is 0. The Balaban J connectivity index is 2.10. The summed E-state index contributed by atoms with van der Waals surface area (Å²) in [6.45, 7) is 2.72. The number of carbonyl (C=O) groups is 1. The maximum Gasteiger partial charge on any atom is 0.315 e. The molecule has 3 atom stereocenters. The molecule has 5 heteroatoms. The third-order valence-corrected chi connectivity index (χ3v) is 6.07. The molecule has 1 aromatic rings. The maximum atomic E-state index is 12.7. The number of hydrogen-bond acceptors (Lipinski definition) is 5. The minimum Gasteiger partial charge on any atom is -0.497 e. The smallest absolute Gasteiger partial charge is 0.315 e. The first-order valence-electron chi connectivity index (χ1n) is 9.02. The van der Waals surface area contributed by atoms with Crippen LogP contribution >= 0.6 is 0 Å². The number of allylic oxidation sites excluding steroid dienone is 1. The van der Waals surface area contributed by atoms with E-state index in [1.807, 2.05) is 19.1 Å². The molecule has 0 bridgehead atoms. The Hall–Kier alpha value is -1.85. The molecule has 0 saturated carbocycles. The fourth-order valence-corrected chi connectivity index (χ4v) is 4.88. The first kappa shape index (κ1) is 18.9. The molecule has 2 aliphatic carbocycles. The van der Waals surface area contributed by atoms with E-state index in [-0.39, 0.29) is 24.1 Å². The van der Waals surface area contributed by atoms with Crippen molar-refractivity contribution in [3.05, 3.63) is 41.5 Å². The Morgan fingerprint density at radius 2 is 2.08 bits per heavy atom. The SMILES string of the molecule is COCOC[C@@]12CC=C[C@@](C)(C(=O)OC)[C@H]1CCc1cc(OC)ccc12. The number of benzene rings is 1. The number of ether oxygens (including phenoxy) is 4. The zero-order chi connectivity index (χ0) is 18.8. The van der Waals surface area contributed by atoms with E-state index in [1.165, 1.54) is 18.2 Å². The van der Waals surface area contributed by atoms with Crippen LogP contribution in [0.1, 0.15) is 30.9 Å². The molecule has 0 unspecified atom stereocenters. The van der Waals surface area contributed by atoms with Gasteiger partial charge in [-0.3, -0.25) is 4.79 Å². The lowest BCUT2D eigenvalue weighted by molar-refractivity contribution is -0.156. The Kier molecular flexibility index (Phi) is 5.39. The summed E-state index contributed by atoms with van der Waals surface area (Å²) in [5, 5.41) is 0. The van der Waals surface area contributed by atoms with Gasteiger partial charge < -0.3 is 18.9 Å². The predicted molar refractivity (Wildman–Crippen MR) is 98.2 cm³/mol. The van der Waals surface area contributed by atoms with Crippen LogP contribution in [-0.2, 0) is 30.8 Å². The van der Waals surface area contributed by atoms with Crippen LogP contribution in [0.2, 0.25) is 0 Å². The van der Waals surface area contributed by atoms with Gasteiger partial charge in [0.25, 0.3) is 0 Å². The number of esters is 1. The van der Waals surface area contributed by atoms with Crippen molar-refractivity contribution in [2.45, 2.75) is 31.6 Å². The van der Waals surface area contributed by atoms with Crippen molar-refractivity contribution in [2.24, 2.45) is 11.3 Å². The van der Waals surface area contributed by atoms with Gasteiger partial charge in [-0.1, -0.05) is 18.2 Å². The third-order valence-electron chi connectivity index (χ3n) is 6.07. The van der Waals surface area contributed by atoms with Crippen LogP contribution in [0.15, 0.2) is 30.4 Å². The van der Waals surface area contributed by atoms with Crippen LogP contribution in [0.4, 0.5) is 0 Å². The molecule has 5 nitrogen and oxygen atoms in total. The number of fused-ring (bicyclic) bond motifs is 3. The largest absolute Gasteiger partial charge is 0.497 e. The molecule has 2 aliphatic rings. The van der Waals surface area contributed by atoms with Gasteiger partial charge in [0.1, 0.15) is 12.5 Å².